The Bertz CT molecular complexity index is 337. The molecule has 0 aromatic rings. The highest BCUT2D eigenvalue weighted by Crippen LogP contribution is 2.42. The number of hydrogen-bond donors (Lipinski definition) is 2. The molecule has 5 nitrogen and oxygen atoms in total. The number of amides is 2. The molecule has 2 amide bonds. The zero-order valence-corrected chi connectivity index (χ0v) is 12.0. The maximum atomic E-state index is 12.0. The van der Waals surface area contributed by atoms with E-state index in [9.17, 15) is 9.59 Å². The van der Waals surface area contributed by atoms with Gasteiger partial charge >= 0.3 is 12.0 Å². The number of carboxylic acid groups (broad SMARTS) is 1. The van der Waals surface area contributed by atoms with E-state index in [1.807, 2.05) is 16.7 Å². The fourth-order valence-electron chi connectivity index (χ4n) is 2.90. The van der Waals surface area contributed by atoms with Gasteiger partial charge in [-0.3, -0.25) is 4.79 Å². The third-order valence-electron chi connectivity index (χ3n) is 3.92. The summed E-state index contributed by atoms with van der Waals surface area (Å²) in [7, 11) is 0. The van der Waals surface area contributed by atoms with E-state index in [0.29, 0.717) is 0 Å². The van der Waals surface area contributed by atoms with Crippen molar-refractivity contribution in [3.8, 4) is 0 Å². The lowest BCUT2D eigenvalue weighted by Gasteiger charge is -2.44. The molecule has 2 rings (SSSR count). The number of carbonyl (C=O) groups excluding carboxylic acids is 1. The molecule has 0 aromatic carbocycles. The lowest BCUT2D eigenvalue weighted by atomic mass is 9.87. The molecule has 1 spiro atoms. The van der Waals surface area contributed by atoms with Crippen molar-refractivity contribution in [3.05, 3.63) is 0 Å². The number of urea groups is 1. The zero-order valence-electron chi connectivity index (χ0n) is 11.2. The standard InChI is InChI=1S/C13H22N2O3S/c16-11(17)4-7-14-12(18)15-8-9-19-13(10-15)5-2-1-3-6-13/h1-10H2,(H,14,18)(H,16,17). The van der Waals surface area contributed by atoms with Gasteiger partial charge in [-0.05, 0) is 12.8 Å². The number of hydrogen-bond acceptors (Lipinski definition) is 3. The van der Waals surface area contributed by atoms with Crippen LogP contribution in [0.5, 0.6) is 0 Å². The van der Waals surface area contributed by atoms with Gasteiger partial charge in [-0.15, -0.1) is 0 Å². The second-order valence-electron chi connectivity index (χ2n) is 5.39. The van der Waals surface area contributed by atoms with Crippen molar-refractivity contribution in [2.24, 2.45) is 0 Å². The summed E-state index contributed by atoms with van der Waals surface area (Å²) in [5.74, 6) is 0.116. The smallest absolute Gasteiger partial charge is 0.317 e. The van der Waals surface area contributed by atoms with Crippen molar-refractivity contribution in [1.29, 1.82) is 0 Å². The number of rotatable bonds is 3. The molecule has 0 bridgehead atoms. The van der Waals surface area contributed by atoms with E-state index >= 15 is 0 Å². The van der Waals surface area contributed by atoms with Gasteiger partial charge in [0.1, 0.15) is 0 Å². The molecule has 1 aliphatic carbocycles. The number of carbonyl (C=O) groups is 2. The molecule has 108 valence electrons. The van der Waals surface area contributed by atoms with Crippen molar-refractivity contribution in [3.63, 3.8) is 0 Å². The first-order valence-electron chi connectivity index (χ1n) is 7.00. The van der Waals surface area contributed by atoms with Crippen LogP contribution in [0.4, 0.5) is 4.79 Å². The van der Waals surface area contributed by atoms with Gasteiger partial charge < -0.3 is 15.3 Å². The van der Waals surface area contributed by atoms with E-state index in [2.05, 4.69) is 5.32 Å². The van der Waals surface area contributed by atoms with Crippen LogP contribution in [0.15, 0.2) is 0 Å². The van der Waals surface area contributed by atoms with Gasteiger partial charge in [0.2, 0.25) is 0 Å². The number of aliphatic carboxylic acids is 1. The maximum absolute atomic E-state index is 12.0. The molecule has 0 atom stereocenters. The van der Waals surface area contributed by atoms with E-state index in [4.69, 9.17) is 5.11 Å². The predicted octanol–water partition coefficient (Wildman–Crippen LogP) is 1.92. The third kappa shape index (κ3) is 4.03. The van der Waals surface area contributed by atoms with Crippen LogP contribution >= 0.6 is 11.8 Å². The first-order valence-corrected chi connectivity index (χ1v) is 7.98. The molecule has 1 aliphatic heterocycles. The van der Waals surface area contributed by atoms with Crippen LogP contribution in [0.1, 0.15) is 38.5 Å². The van der Waals surface area contributed by atoms with Gasteiger partial charge in [0.05, 0.1) is 6.42 Å². The highest BCUT2D eigenvalue weighted by Gasteiger charge is 2.38. The van der Waals surface area contributed by atoms with Gasteiger partial charge in [0.15, 0.2) is 0 Å². The molecule has 1 saturated heterocycles. The summed E-state index contributed by atoms with van der Waals surface area (Å²) in [6.07, 6.45) is 6.24. The van der Waals surface area contributed by atoms with Gasteiger partial charge in [0, 0.05) is 30.1 Å². The fraction of sp³-hybridized carbons (Fsp3) is 0.846. The van der Waals surface area contributed by atoms with E-state index in [-0.39, 0.29) is 23.7 Å². The first-order chi connectivity index (χ1) is 9.11. The van der Waals surface area contributed by atoms with Gasteiger partial charge in [-0.2, -0.15) is 11.8 Å². The minimum atomic E-state index is -0.877. The Morgan fingerprint density at radius 1 is 1.26 bits per heavy atom. The van der Waals surface area contributed by atoms with Gasteiger partial charge in [0.25, 0.3) is 0 Å². The lowest BCUT2D eigenvalue weighted by Crippen LogP contribution is -2.53. The summed E-state index contributed by atoms with van der Waals surface area (Å²) in [5, 5.41) is 11.3. The zero-order chi connectivity index (χ0) is 13.7. The Morgan fingerprint density at radius 3 is 2.68 bits per heavy atom. The van der Waals surface area contributed by atoms with Gasteiger partial charge in [-0.1, -0.05) is 19.3 Å². The summed E-state index contributed by atoms with van der Waals surface area (Å²) in [5.41, 5.74) is 0. The summed E-state index contributed by atoms with van der Waals surface area (Å²) in [6, 6.07) is -0.105. The lowest BCUT2D eigenvalue weighted by molar-refractivity contribution is -0.136. The summed E-state index contributed by atoms with van der Waals surface area (Å²) in [4.78, 5) is 24.3. The molecule has 19 heavy (non-hydrogen) atoms. The highest BCUT2D eigenvalue weighted by atomic mass is 32.2. The second-order valence-corrected chi connectivity index (χ2v) is 6.95. The predicted molar refractivity (Wildman–Crippen MR) is 75.5 cm³/mol. The van der Waals surface area contributed by atoms with E-state index in [1.54, 1.807) is 0 Å². The van der Waals surface area contributed by atoms with Crippen LogP contribution in [0.2, 0.25) is 0 Å². The van der Waals surface area contributed by atoms with Gasteiger partial charge in [-0.25, -0.2) is 4.79 Å². The summed E-state index contributed by atoms with van der Waals surface area (Å²) < 4.78 is 0.265. The molecule has 0 aromatic heterocycles. The molecule has 2 fully saturated rings. The van der Waals surface area contributed by atoms with E-state index in [1.165, 1.54) is 32.1 Å². The largest absolute Gasteiger partial charge is 0.481 e. The van der Waals surface area contributed by atoms with Crippen LogP contribution in [0.3, 0.4) is 0 Å². The number of thioether (sulfide) groups is 1. The molecule has 0 unspecified atom stereocenters. The molecule has 0 radical (unpaired) electrons. The monoisotopic (exact) mass is 286 g/mol. The molecule has 1 saturated carbocycles. The Balaban J connectivity index is 1.82. The van der Waals surface area contributed by atoms with Crippen molar-refractivity contribution < 1.29 is 14.7 Å². The average Bonchev–Trinajstić information content (AvgIpc) is 2.39. The molecular weight excluding hydrogens is 264 g/mol. The van der Waals surface area contributed by atoms with Crippen molar-refractivity contribution in [1.82, 2.24) is 10.2 Å². The number of nitrogens with one attached hydrogen (secondary N) is 1. The number of carboxylic acids is 1. The number of nitrogens with zero attached hydrogens (tertiary/aromatic N) is 1. The first kappa shape index (κ1) is 14.5. The fourth-order valence-corrected chi connectivity index (χ4v) is 4.47. The van der Waals surface area contributed by atoms with Crippen LogP contribution in [-0.2, 0) is 4.79 Å². The normalized spacial score (nSPS) is 22.2. The molecule has 6 heteroatoms. The van der Waals surface area contributed by atoms with Crippen molar-refractivity contribution >= 4 is 23.8 Å². The molecule has 1 heterocycles. The second kappa shape index (κ2) is 6.50. The molecule has 2 aliphatic rings. The topological polar surface area (TPSA) is 69.6 Å². The van der Waals surface area contributed by atoms with Crippen molar-refractivity contribution in [2.45, 2.75) is 43.3 Å². The minimum absolute atomic E-state index is 0.0144. The molecule has 2 N–H and O–H groups in total. The quantitative estimate of drug-likeness (QED) is 0.831. The van der Waals surface area contributed by atoms with Crippen molar-refractivity contribution in [2.75, 3.05) is 25.4 Å². The van der Waals surface area contributed by atoms with Crippen LogP contribution in [0, 0.1) is 0 Å². The van der Waals surface area contributed by atoms with E-state index in [0.717, 1.165) is 18.8 Å². The maximum Gasteiger partial charge on any atom is 0.317 e. The Morgan fingerprint density at radius 2 is 2.00 bits per heavy atom. The van der Waals surface area contributed by atoms with Crippen LogP contribution in [0.25, 0.3) is 0 Å². The average molecular weight is 286 g/mol. The Kier molecular flexibility index (Phi) is 4.96. The van der Waals surface area contributed by atoms with E-state index < -0.39 is 5.97 Å². The SMILES string of the molecule is O=C(O)CCNC(=O)N1CCSC2(CCCCC2)C1. The Labute approximate surface area is 118 Å². The molecular formula is C13H22N2O3S. The summed E-state index contributed by atoms with van der Waals surface area (Å²) in [6.45, 7) is 1.80. The Hall–Kier alpha value is -0.910. The highest BCUT2D eigenvalue weighted by molar-refractivity contribution is 8.00. The van der Waals surface area contributed by atoms with Crippen LogP contribution in [-0.4, -0.2) is 52.1 Å². The minimum Gasteiger partial charge on any atom is -0.481 e. The third-order valence-corrected chi connectivity index (χ3v) is 5.45. The summed E-state index contributed by atoms with van der Waals surface area (Å²) >= 11 is 2.02. The van der Waals surface area contributed by atoms with Crippen LogP contribution < -0.4 is 5.32 Å².